The largest absolute Gasteiger partial charge is 0.461 e. The van der Waals surface area contributed by atoms with E-state index >= 15 is 0 Å². The van der Waals surface area contributed by atoms with Gasteiger partial charge in [0.05, 0.1) is 6.10 Å². The van der Waals surface area contributed by atoms with Crippen LogP contribution in [-0.4, -0.2) is 29.8 Å². The van der Waals surface area contributed by atoms with Gasteiger partial charge < -0.3 is 14.8 Å². The number of hydrogen-bond acceptors (Lipinski definition) is 4. The van der Waals surface area contributed by atoms with Crippen LogP contribution in [0.25, 0.3) is 0 Å². The first-order chi connectivity index (χ1) is 10.6. The molecular weight excluding hydrogens is 362 g/mol. The molecule has 0 unspecified atom stereocenters. The van der Waals surface area contributed by atoms with Crippen LogP contribution in [-0.2, 0) is 20.7 Å². The number of halogens is 1. The van der Waals surface area contributed by atoms with Crippen LogP contribution in [0.2, 0.25) is 0 Å². The van der Waals surface area contributed by atoms with Crippen LogP contribution in [0.3, 0.4) is 0 Å². The van der Waals surface area contributed by atoms with E-state index in [1.54, 1.807) is 34.6 Å². The quantitative estimate of drug-likeness (QED) is 0.781. The van der Waals surface area contributed by atoms with E-state index in [-0.39, 0.29) is 6.10 Å². The molecule has 1 atom stereocenters. The van der Waals surface area contributed by atoms with Gasteiger partial charge in [-0.3, -0.25) is 0 Å². The normalized spacial score (nSPS) is 12.7. The highest BCUT2D eigenvalue weighted by Crippen LogP contribution is 2.13. The fraction of sp³-hybridized carbons (Fsp3) is 0.529. The van der Waals surface area contributed by atoms with E-state index in [9.17, 15) is 9.59 Å². The van der Waals surface area contributed by atoms with E-state index in [1.807, 2.05) is 24.3 Å². The van der Waals surface area contributed by atoms with Crippen LogP contribution in [0.4, 0.5) is 4.79 Å². The molecule has 0 bridgehead atoms. The number of esters is 1. The zero-order chi connectivity index (χ0) is 17.6. The van der Waals surface area contributed by atoms with Crippen molar-refractivity contribution >= 4 is 28.0 Å². The Labute approximate surface area is 145 Å². The molecule has 0 fully saturated rings. The lowest BCUT2D eigenvalue weighted by atomic mass is 10.1. The van der Waals surface area contributed by atoms with Crippen LogP contribution in [0.15, 0.2) is 28.7 Å². The molecule has 0 spiro atoms. The second-order valence-corrected chi connectivity index (χ2v) is 7.43. The van der Waals surface area contributed by atoms with E-state index < -0.39 is 23.7 Å². The maximum atomic E-state index is 12.2. The third kappa shape index (κ3) is 8.02. The van der Waals surface area contributed by atoms with Crippen LogP contribution in [0, 0.1) is 0 Å². The molecule has 1 amide bonds. The Morgan fingerprint density at radius 2 is 1.74 bits per heavy atom. The molecule has 0 aliphatic carbocycles. The first-order valence-electron chi connectivity index (χ1n) is 7.51. The highest BCUT2D eigenvalue weighted by atomic mass is 79.9. The lowest BCUT2D eigenvalue weighted by molar-refractivity contribution is -0.149. The summed E-state index contributed by atoms with van der Waals surface area (Å²) in [5, 5.41) is 2.59. The average Bonchev–Trinajstić information content (AvgIpc) is 2.37. The lowest BCUT2D eigenvalue weighted by Crippen LogP contribution is -2.46. The van der Waals surface area contributed by atoms with Crippen molar-refractivity contribution in [1.29, 1.82) is 0 Å². The van der Waals surface area contributed by atoms with E-state index in [4.69, 9.17) is 9.47 Å². The van der Waals surface area contributed by atoms with Gasteiger partial charge in [0.15, 0.2) is 0 Å². The molecule has 1 N–H and O–H groups in total. The first kappa shape index (κ1) is 19.5. The molecule has 0 aromatic heterocycles. The third-order valence-electron chi connectivity index (χ3n) is 2.68. The average molecular weight is 386 g/mol. The van der Waals surface area contributed by atoms with Gasteiger partial charge in [-0.2, -0.15) is 0 Å². The van der Waals surface area contributed by atoms with Crippen molar-refractivity contribution < 1.29 is 19.1 Å². The summed E-state index contributed by atoms with van der Waals surface area (Å²) in [4.78, 5) is 24.2. The Morgan fingerprint density at radius 1 is 1.17 bits per heavy atom. The molecule has 6 heteroatoms. The van der Waals surface area contributed by atoms with E-state index in [0.717, 1.165) is 10.0 Å². The smallest absolute Gasteiger partial charge is 0.408 e. The van der Waals surface area contributed by atoms with Crippen molar-refractivity contribution in [2.24, 2.45) is 0 Å². The molecule has 128 valence electrons. The summed E-state index contributed by atoms with van der Waals surface area (Å²) in [6.45, 7) is 8.83. The van der Waals surface area contributed by atoms with Gasteiger partial charge in [0.25, 0.3) is 0 Å². The topological polar surface area (TPSA) is 64.6 Å². The van der Waals surface area contributed by atoms with Crippen molar-refractivity contribution in [3.8, 4) is 0 Å². The van der Waals surface area contributed by atoms with Gasteiger partial charge >= 0.3 is 12.1 Å². The van der Waals surface area contributed by atoms with E-state index in [1.165, 1.54) is 0 Å². The third-order valence-corrected chi connectivity index (χ3v) is 3.21. The number of ether oxygens (including phenoxy) is 2. The fourth-order valence-corrected chi connectivity index (χ4v) is 2.08. The minimum atomic E-state index is -0.798. The van der Waals surface area contributed by atoms with Gasteiger partial charge in [-0.25, -0.2) is 9.59 Å². The zero-order valence-electron chi connectivity index (χ0n) is 14.2. The van der Waals surface area contributed by atoms with Gasteiger partial charge in [-0.15, -0.1) is 0 Å². The number of nitrogens with one attached hydrogen (secondary N) is 1. The molecule has 0 radical (unpaired) electrons. The molecule has 1 aromatic carbocycles. The lowest BCUT2D eigenvalue weighted by Gasteiger charge is -2.23. The van der Waals surface area contributed by atoms with Crippen molar-refractivity contribution in [2.45, 2.75) is 58.8 Å². The Morgan fingerprint density at radius 3 is 2.22 bits per heavy atom. The minimum absolute atomic E-state index is 0.254. The number of hydrogen-bond donors (Lipinski definition) is 1. The first-order valence-corrected chi connectivity index (χ1v) is 8.30. The van der Waals surface area contributed by atoms with Crippen molar-refractivity contribution in [3.05, 3.63) is 34.3 Å². The van der Waals surface area contributed by atoms with Crippen LogP contribution < -0.4 is 5.32 Å². The predicted molar refractivity (Wildman–Crippen MR) is 92.2 cm³/mol. The number of rotatable bonds is 5. The van der Waals surface area contributed by atoms with Gasteiger partial charge in [-0.05, 0) is 52.3 Å². The number of benzene rings is 1. The molecular formula is C17H24BrNO4. The van der Waals surface area contributed by atoms with Crippen molar-refractivity contribution in [1.82, 2.24) is 5.32 Å². The Bertz CT molecular complexity index is 535. The second kappa shape index (κ2) is 8.34. The summed E-state index contributed by atoms with van der Waals surface area (Å²) < 4.78 is 11.4. The van der Waals surface area contributed by atoms with E-state index in [2.05, 4.69) is 21.2 Å². The standard InChI is InChI=1S/C17H24BrNO4/c1-11(2)22-15(20)14(19-16(21)23-17(3,4)5)10-12-6-8-13(18)9-7-12/h6-9,11,14H,10H2,1-5H3,(H,19,21)/t14-/m1/s1. The monoisotopic (exact) mass is 385 g/mol. The van der Waals surface area contributed by atoms with Crippen LogP contribution >= 0.6 is 15.9 Å². The minimum Gasteiger partial charge on any atom is -0.461 e. The van der Waals surface area contributed by atoms with Crippen molar-refractivity contribution in [3.63, 3.8) is 0 Å². The molecule has 1 aromatic rings. The maximum absolute atomic E-state index is 12.2. The molecule has 5 nitrogen and oxygen atoms in total. The van der Waals surface area contributed by atoms with Crippen LogP contribution in [0.5, 0.6) is 0 Å². The molecule has 0 aliphatic heterocycles. The fourth-order valence-electron chi connectivity index (χ4n) is 1.81. The summed E-state index contributed by atoms with van der Waals surface area (Å²) in [5.41, 5.74) is 0.281. The van der Waals surface area contributed by atoms with Crippen molar-refractivity contribution in [2.75, 3.05) is 0 Å². The predicted octanol–water partition coefficient (Wildman–Crippen LogP) is 3.84. The number of amides is 1. The zero-order valence-corrected chi connectivity index (χ0v) is 15.8. The summed E-state index contributed by atoms with van der Waals surface area (Å²) in [6.07, 6.45) is -0.561. The van der Waals surface area contributed by atoms with Gasteiger partial charge in [-0.1, -0.05) is 28.1 Å². The summed E-state index contributed by atoms with van der Waals surface area (Å²) >= 11 is 3.37. The van der Waals surface area contributed by atoms with E-state index in [0.29, 0.717) is 6.42 Å². The van der Waals surface area contributed by atoms with Gasteiger partial charge in [0.2, 0.25) is 0 Å². The summed E-state index contributed by atoms with van der Waals surface area (Å²) in [5.74, 6) is -0.478. The van der Waals surface area contributed by atoms with Crippen LogP contribution in [0.1, 0.15) is 40.2 Å². The molecule has 1 rings (SSSR count). The SMILES string of the molecule is CC(C)OC(=O)[C@@H](Cc1ccc(Br)cc1)NC(=O)OC(C)(C)C. The number of alkyl carbamates (subject to hydrolysis) is 1. The Kier molecular flexibility index (Phi) is 7.06. The molecule has 0 saturated heterocycles. The second-order valence-electron chi connectivity index (χ2n) is 6.52. The molecule has 0 aliphatic rings. The molecule has 0 saturated carbocycles. The Balaban J connectivity index is 2.82. The van der Waals surface area contributed by atoms with Gasteiger partial charge in [0, 0.05) is 10.9 Å². The molecule has 0 heterocycles. The van der Waals surface area contributed by atoms with Gasteiger partial charge in [0.1, 0.15) is 11.6 Å². The highest BCUT2D eigenvalue weighted by molar-refractivity contribution is 9.10. The maximum Gasteiger partial charge on any atom is 0.408 e. The Hall–Kier alpha value is -1.56. The number of carbonyl (C=O) groups is 2. The highest BCUT2D eigenvalue weighted by Gasteiger charge is 2.26. The summed E-state index contributed by atoms with van der Waals surface area (Å²) in [6, 6.07) is 6.74. The number of carbonyl (C=O) groups excluding carboxylic acids is 2. The molecule has 23 heavy (non-hydrogen) atoms. The summed E-state index contributed by atoms with van der Waals surface area (Å²) in [7, 11) is 0.